The Morgan fingerprint density at radius 2 is 1.86 bits per heavy atom. The van der Waals surface area contributed by atoms with E-state index in [1.54, 1.807) is 11.8 Å². The topological polar surface area (TPSA) is 49.4 Å². The maximum Gasteiger partial charge on any atom is 0.226 e. The van der Waals surface area contributed by atoms with Gasteiger partial charge in [-0.05, 0) is 43.4 Å². The lowest BCUT2D eigenvalue weighted by atomic mass is 10.1. The number of nitrogens with zero attached hydrogens (tertiary/aromatic N) is 1. The van der Waals surface area contributed by atoms with E-state index in [1.807, 2.05) is 32.0 Å². The molecule has 0 aliphatic heterocycles. The Labute approximate surface area is 133 Å². The lowest BCUT2D eigenvalue weighted by molar-refractivity contribution is -0.129. The number of rotatable bonds is 7. The Balaban J connectivity index is 2.53. The molecule has 0 unspecified atom stereocenters. The number of carbonyl (C=O) groups excluding carboxylic acids is 2. The van der Waals surface area contributed by atoms with Crippen LogP contribution >= 0.6 is 0 Å². The van der Waals surface area contributed by atoms with Crippen LogP contribution in [-0.2, 0) is 9.59 Å². The summed E-state index contributed by atoms with van der Waals surface area (Å²) in [5.41, 5.74) is 3.08. The second-order valence-corrected chi connectivity index (χ2v) is 6.23. The van der Waals surface area contributed by atoms with Crippen molar-refractivity contribution < 1.29 is 9.59 Å². The fourth-order valence-corrected chi connectivity index (χ4v) is 2.18. The Kier molecular flexibility index (Phi) is 7.09. The number of benzene rings is 1. The molecule has 1 rings (SSSR count). The number of hydrogen-bond donors (Lipinski definition) is 1. The van der Waals surface area contributed by atoms with E-state index in [0.717, 1.165) is 23.2 Å². The lowest BCUT2D eigenvalue weighted by Gasteiger charge is -2.22. The normalized spacial score (nSPS) is 10.6. The Morgan fingerprint density at radius 1 is 1.18 bits per heavy atom. The number of amides is 2. The van der Waals surface area contributed by atoms with Crippen LogP contribution in [0.3, 0.4) is 0 Å². The summed E-state index contributed by atoms with van der Waals surface area (Å²) in [6, 6.07) is 5.86. The summed E-state index contributed by atoms with van der Waals surface area (Å²) < 4.78 is 0. The SMILES string of the molecule is CC(=O)N(CCC(=O)Nc1cccc(C)c1C)CCC(C)C. The van der Waals surface area contributed by atoms with Gasteiger partial charge in [0.25, 0.3) is 0 Å². The third kappa shape index (κ3) is 5.88. The molecule has 0 saturated heterocycles. The quantitative estimate of drug-likeness (QED) is 0.838. The second-order valence-electron chi connectivity index (χ2n) is 6.23. The summed E-state index contributed by atoms with van der Waals surface area (Å²) in [6.45, 7) is 11.0. The highest BCUT2D eigenvalue weighted by molar-refractivity contribution is 5.92. The molecule has 122 valence electrons. The summed E-state index contributed by atoms with van der Waals surface area (Å²) in [5.74, 6) is 0.523. The maximum absolute atomic E-state index is 12.1. The molecule has 1 aromatic carbocycles. The van der Waals surface area contributed by atoms with E-state index in [2.05, 4.69) is 19.2 Å². The zero-order chi connectivity index (χ0) is 16.7. The summed E-state index contributed by atoms with van der Waals surface area (Å²) in [7, 11) is 0. The molecule has 4 nitrogen and oxygen atoms in total. The first-order valence-electron chi connectivity index (χ1n) is 7.92. The zero-order valence-electron chi connectivity index (χ0n) is 14.4. The molecule has 2 amide bonds. The average molecular weight is 304 g/mol. The van der Waals surface area contributed by atoms with Crippen LogP contribution in [0.15, 0.2) is 18.2 Å². The van der Waals surface area contributed by atoms with Crippen molar-refractivity contribution in [3.8, 4) is 0 Å². The van der Waals surface area contributed by atoms with Gasteiger partial charge in [0.2, 0.25) is 11.8 Å². The third-order valence-corrected chi connectivity index (χ3v) is 3.91. The molecule has 22 heavy (non-hydrogen) atoms. The Hall–Kier alpha value is -1.84. The summed E-state index contributed by atoms with van der Waals surface area (Å²) in [6.07, 6.45) is 1.28. The van der Waals surface area contributed by atoms with Gasteiger partial charge in [-0.1, -0.05) is 26.0 Å². The Bertz CT molecular complexity index is 524. The van der Waals surface area contributed by atoms with Crippen molar-refractivity contribution in [3.05, 3.63) is 29.3 Å². The lowest BCUT2D eigenvalue weighted by Crippen LogP contribution is -2.33. The monoisotopic (exact) mass is 304 g/mol. The molecule has 4 heteroatoms. The van der Waals surface area contributed by atoms with E-state index in [0.29, 0.717) is 25.4 Å². The maximum atomic E-state index is 12.1. The Morgan fingerprint density at radius 3 is 2.45 bits per heavy atom. The highest BCUT2D eigenvalue weighted by Gasteiger charge is 2.12. The van der Waals surface area contributed by atoms with Crippen molar-refractivity contribution in [2.75, 3.05) is 18.4 Å². The fraction of sp³-hybridized carbons (Fsp3) is 0.556. The van der Waals surface area contributed by atoms with E-state index >= 15 is 0 Å². The van der Waals surface area contributed by atoms with Gasteiger partial charge < -0.3 is 10.2 Å². The summed E-state index contributed by atoms with van der Waals surface area (Å²) in [5, 5.41) is 2.93. The van der Waals surface area contributed by atoms with Crippen LogP contribution in [0.4, 0.5) is 5.69 Å². The van der Waals surface area contributed by atoms with Crippen LogP contribution in [0.5, 0.6) is 0 Å². The minimum Gasteiger partial charge on any atom is -0.342 e. The van der Waals surface area contributed by atoms with Gasteiger partial charge in [-0.3, -0.25) is 9.59 Å². The zero-order valence-corrected chi connectivity index (χ0v) is 14.4. The van der Waals surface area contributed by atoms with Crippen molar-refractivity contribution in [1.29, 1.82) is 0 Å². The van der Waals surface area contributed by atoms with Gasteiger partial charge >= 0.3 is 0 Å². The molecule has 1 N–H and O–H groups in total. The van der Waals surface area contributed by atoms with Crippen molar-refractivity contribution in [3.63, 3.8) is 0 Å². The fourth-order valence-electron chi connectivity index (χ4n) is 2.18. The molecule has 0 spiro atoms. The molecule has 0 saturated carbocycles. The van der Waals surface area contributed by atoms with Crippen LogP contribution in [0, 0.1) is 19.8 Å². The first-order valence-corrected chi connectivity index (χ1v) is 7.92. The van der Waals surface area contributed by atoms with Crippen molar-refractivity contribution in [1.82, 2.24) is 4.90 Å². The van der Waals surface area contributed by atoms with E-state index in [1.165, 1.54) is 0 Å². The molecule has 0 aliphatic rings. The first kappa shape index (κ1) is 18.2. The van der Waals surface area contributed by atoms with Crippen LogP contribution in [0.1, 0.15) is 44.7 Å². The van der Waals surface area contributed by atoms with Crippen LogP contribution in [0.2, 0.25) is 0 Å². The molecule has 0 bridgehead atoms. The molecule has 0 heterocycles. The van der Waals surface area contributed by atoms with Crippen molar-refractivity contribution in [2.45, 2.75) is 47.5 Å². The second kappa shape index (κ2) is 8.57. The summed E-state index contributed by atoms with van der Waals surface area (Å²) in [4.78, 5) is 25.5. The molecule has 0 aromatic heterocycles. The molecule has 0 radical (unpaired) electrons. The largest absolute Gasteiger partial charge is 0.342 e. The highest BCUT2D eigenvalue weighted by atomic mass is 16.2. The molecule has 1 aromatic rings. The van der Waals surface area contributed by atoms with E-state index in [-0.39, 0.29) is 11.8 Å². The number of aryl methyl sites for hydroxylation is 1. The number of nitrogens with one attached hydrogen (secondary N) is 1. The van der Waals surface area contributed by atoms with Gasteiger partial charge in [-0.2, -0.15) is 0 Å². The highest BCUT2D eigenvalue weighted by Crippen LogP contribution is 2.18. The minimum atomic E-state index is -0.0514. The molecular formula is C18H28N2O2. The van der Waals surface area contributed by atoms with Gasteiger partial charge in [0, 0.05) is 32.1 Å². The van der Waals surface area contributed by atoms with E-state index in [9.17, 15) is 9.59 Å². The van der Waals surface area contributed by atoms with E-state index in [4.69, 9.17) is 0 Å². The van der Waals surface area contributed by atoms with Crippen LogP contribution in [0.25, 0.3) is 0 Å². The van der Waals surface area contributed by atoms with Gasteiger partial charge in [0.05, 0.1) is 0 Å². The minimum absolute atomic E-state index is 0.0280. The van der Waals surface area contributed by atoms with Gasteiger partial charge in [0.15, 0.2) is 0 Å². The third-order valence-electron chi connectivity index (χ3n) is 3.91. The van der Waals surface area contributed by atoms with Gasteiger partial charge in [0.1, 0.15) is 0 Å². The first-order chi connectivity index (χ1) is 10.3. The average Bonchev–Trinajstić information content (AvgIpc) is 2.43. The predicted octanol–water partition coefficient (Wildman–Crippen LogP) is 3.53. The van der Waals surface area contributed by atoms with Crippen LogP contribution in [-0.4, -0.2) is 29.8 Å². The number of anilines is 1. The molecule has 0 fully saturated rings. The van der Waals surface area contributed by atoms with Crippen LogP contribution < -0.4 is 5.32 Å². The number of hydrogen-bond acceptors (Lipinski definition) is 2. The van der Waals surface area contributed by atoms with Crippen molar-refractivity contribution >= 4 is 17.5 Å². The van der Waals surface area contributed by atoms with Gasteiger partial charge in [-0.25, -0.2) is 0 Å². The standard InChI is InChI=1S/C18H28N2O2/c1-13(2)9-11-20(16(5)21)12-10-18(22)19-17-8-6-7-14(3)15(17)4/h6-8,13H,9-12H2,1-5H3,(H,19,22). The number of carbonyl (C=O) groups is 2. The smallest absolute Gasteiger partial charge is 0.226 e. The molecule has 0 aliphatic carbocycles. The van der Waals surface area contributed by atoms with Crippen molar-refractivity contribution in [2.24, 2.45) is 5.92 Å². The van der Waals surface area contributed by atoms with E-state index < -0.39 is 0 Å². The summed E-state index contributed by atoms with van der Waals surface area (Å²) >= 11 is 0. The van der Waals surface area contributed by atoms with Gasteiger partial charge in [-0.15, -0.1) is 0 Å². The molecule has 0 atom stereocenters. The molecular weight excluding hydrogens is 276 g/mol. The predicted molar refractivity (Wildman–Crippen MR) is 90.9 cm³/mol.